The average Bonchev–Trinajstić information content (AvgIpc) is 3.06. The van der Waals surface area contributed by atoms with Crippen molar-refractivity contribution in [2.45, 2.75) is 18.9 Å². The maximum atomic E-state index is 13.9. The highest BCUT2D eigenvalue weighted by Crippen LogP contribution is 2.38. The lowest BCUT2D eigenvalue weighted by Crippen LogP contribution is -2.58. The molecule has 0 unspecified atom stereocenters. The second-order valence-electron chi connectivity index (χ2n) is 8.30. The van der Waals surface area contributed by atoms with Crippen LogP contribution in [0.3, 0.4) is 0 Å². The number of hydrazone groups is 1. The quantitative estimate of drug-likeness (QED) is 0.667. The summed E-state index contributed by atoms with van der Waals surface area (Å²) in [5, 5.41) is 5.73. The number of hydrogen-bond acceptors (Lipinski definition) is 6. The lowest BCUT2D eigenvalue weighted by molar-refractivity contribution is -0.146. The lowest BCUT2D eigenvalue weighted by Gasteiger charge is -2.40. The van der Waals surface area contributed by atoms with Gasteiger partial charge in [-0.25, -0.2) is 14.2 Å². The van der Waals surface area contributed by atoms with Gasteiger partial charge in [-0.3, -0.25) is 9.59 Å². The maximum absolute atomic E-state index is 13.9. The molecule has 2 N–H and O–H groups in total. The molecule has 2 aromatic rings. The highest BCUT2D eigenvalue weighted by molar-refractivity contribution is 6.13. The van der Waals surface area contributed by atoms with Crippen LogP contribution in [0, 0.1) is 11.2 Å². The number of para-hydroxylation sites is 1. The SMILES string of the molecule is CN1N=C2CCN(C(=O)[C@@H](COc3ccccc3F)OC(N)=O)C[C@@]2(Cc2ccccc2)C1=O. The number of carbonyl (C=O) groups is 3. The minimum atomic E-state index is -1.40. The van der Waals surface area contributed by atoms with Crippen LogP contribution in [0.5, 0.6) is 5.75 Å². The number of primary amides is 1. The molecule has 34 heavy (non-hydrogen) atoms. The molecule has 0 spiro atoms. The molecule has 2 atom stereocenters. The van der Waals surface area contributed by atoms with Crippen molar-refractivity contribution in [2.75, 3.05) is 26.7 Å². The number of halogens is 1. The van der Waals surface area contributed by atoms with E-state index >= 15 is 0 Å². The average molecular weight is 468 g/mol. The fourth-order valence-corrected chi connectivity index (χ4v) is 4.44. The van der Waals surface area contributed by atoms with Crippen LogP contribution in [0.1, 0.15) is 12.0 Å². The topological polar surface area (TPSA) is 115 Å². The number of rotatable bonds is 7. The summed E-state index contributed by atoms with van der Waals surface area (Å²) in [6.07, 6.45) is -1.82. The number of amides is 3. The van der Waals surface area contributed by atoms with E-state index in [4.69, 9.17) is 15.2 Å². The number of piperidine rings is 1. The third-order valence-electron chi connectivity index (χ3n) is 6.03. The normalized spacial score (nSPS) is 20.4. The number of ether oxygens (including phenoxy) is 2. The number of hydrogen-bond donors (Lipinski definition) is 1. The molecule has 2 heterocycles. The first-order chi connectivity index (χ1) is 16.3. The van der Waals surface area contributed by atoms with Gasteiger partial charge in [-0.2, -0.15) is 5.10 Å². The number of benzene rings is 2. The van der Waals surface area contributed by atoms with Crippen LogP contribution in [0.2, 0.25) is 0 Å². The molecule has 0 radical (unpaired) electrons. The van der Waals surface area contributed by atoms with Gasteiger partial charge in [0.25, 0.3) is 11.8 Å². The zero-order valence-corrected chi connectivity index (χ0v) is 18.6. The Morgan fingerprint density at radius 3 is 2.59 bits per heavy atom. The second kappa shape index (κ2) is 9.50. The molecule has 10 heteroatoms. The first kappa shape index (κ1) is 23.2. The summed E-state index contributed by atoms with van der Waals surface area (Å²) in [6, 6.07) is 15.2. The molecule has 2 aliphatic heterocycles. The van der Waals surface area contributed by atoms with E-state index in [2.05, 4.69) is 5.10 Å². The smallest absolute Gasteiger partial charge is 0.405 e. The van der Waals surface area contributed by atoms with E-state index in [1.54, 1.807) is 13.1 Å². The van der Waals surface area contributed by atoms with Gasteiger partial charge in [0.2, 0.25) is 6.10 Å². The Balaban J connectivity index is 1.56. The third kappa shape index (κ3) is 4.57. The molecule has 2 aromatic carbocycles. The summed E-state index contributed by atoms with van der Waals surface area (Å²) in [6.45, 7) is -0.103. The van der Waals surface area contributed by atoms with Crippen molar-refractivity contribution in [3.63, 3.8) is 0 Å². The van der Waals surface area contributed by atoms with E-state index in [-0.39, 0.29) is 24.7 Å². The Kier molecular flexibility index (Phi) is 6.49. The molecule has 1 fully saturated rings. The standard InChI is InChI=1S/C24H25FN4O5/c1-28-22(31)24(13-16-7-3-2-4-8-16)15-29(12-11-20(24)27-28)21(30)19(34-23(26)32)14-33-18-10-6-5-9-17(18)25/h2-10,19H,11-15H2,1H3,(H2,26,32)/t19-,24-/m1/s1. The Bertz CT molecular complexity index is 1130. The minimum Gasteiger partial charge on any atom is -0.486 e. The van der Waals surface area contributed by atoms with E-state index < -0.39 is 35.9 Å². The van der Waals surface area contributed by atoms with Gasteiger partial charge in [-0.1, -0.05) is 42.5 Å². The van der Waals surface area contributed by atoms with Gasteiger partial charge in [0, 0.05) is 26.6 Å². The molecule has 0 aromatic heterocycles. The molecular formula is C24H25FN4O5. The van der Waals surface area contributed by atoms with Crippen molar-refractivity contribution < 1.29 is 28.2 Å². The van der Waals surface area contributed by atoms with Gasteiger partial charge in [-0.15, -0.1) is 0 Å². The zero-order valence-electron chi connectivity index (χ0n) is 18.6. The molecule has 4 rings (SSSR count). The van der Waals surface area contributed by atoms with Gasteiger partial charge in [0.15, 0.2) is 11.6 Å². The summed E-state index contributed by atoms with van der Waals surface area (Å²) < 4.78 is 24.3. The summed E-state index contributed by atoms with van der Waals surface area (Å²) >= 11 is 0. The van der Waals surface area contributed by atoms with Crippen molar-refractivity contribution in [3.8, 4) is 5.75 Å². The van der Waals surface area contributed by atoms with E-state index in [0.29, 0.717) is 18.6 Å². The van der Waals surface area contributed by atoms with E-state index in [9.17, 15) is 18.8 Å². The van der Waals surface area contributed by atoms with E-state index in [1.807, 2.05) is 30.3 Å². The highest BCUT2D eigenvalue weighted by atomic mass is 19.1. The molecule has 9 nitrogen and oxygen atoms in total. The van der Waals surface area contributed by atoms with Gasteiger partial charge >= 0.3 is 6.09 Å². The summed E-state index contributed by atoms with van der Waals surface area (Å²) in [5.74, 6) is -1.50. The third-order valence-corrected chi connectivity index (χ3v) is 6.03. The van der Waals surface area contributed by atoms with Gasteiger partial charge < -0.3 is 20.1 Å². The maximum Gasteiger partial charge on any atom is 0.405 e. The van der Waals surface area contributed by atoms with Crippen LogP contribution in [0.4, 0.5) is 9.18 Å². The van der Waals surface area contributed by atoms with Crippen molar-refractivity contribution in [3.05, 3.63) is 66.0 Å². The number of likely N-dealkylation sites (tertiary alicyclic amines) is 1. The monoisotopic (exact) mass is 468 g/mol. The molecule has 178 valence electrons. The zero-order chi connectivity index (χ0) is 24.3. The van der Waals surface area contributed by atoms with Crippen LogP contribution in [-0.4, -0.2) is 66.4 Å². The van der Waals surface area contributed by atoms with Crippen molar-refractivity contribution in [1.82, 2.24) is 9.91 Å². The van der Waals surface area contributed by atoms with E-state index in [0.717, 1.165) is 5.56 Å². The fourth-order valence-electron chi connectivity index (χ4n) is 4.44. The first-order valence-electron chi connectivity index (χ1n) is 10.8. The number of carbonyl (C=O) groups excluding carboxylic acids is 3. The van der Waals surface area contributed by atoms with Crippen LogP contribution in [0.15, 0.2) is 59.7 Å². The fraction of sp³-hybridized carbons (Fsp3) is 0.333. The predicted molar refractivity (Wildman–Crippen MR) is 120 cm³/mol. The van der Waals surface area contributed by atoms with Gasteiger partial charge in [0.1, 0.15) is 12.0 Å². The number of nitrogens with two attached hydrogens (primary N) is 1. The molecular weight excluding hydrogens is 443 g/mol. The Morgan fingerprint density at radius 2 is 1.88 bits per heavy atom. The lowest BCUT2D eigenvalue weighted by atomic mass is 9.73. The Hall–Kier alpha value is -3.95. The van der Waals surface area contributed by atoms with Crippen LogP contribution < -0.4 is 10.5 Å². The molecule has 0 bridgehead atoms. The van der Waals surface area contributed by atoms with Crippen molar-refractivity contribution in [1.29, 1.82) is 0 Å². The number of fused-ring (bicyclic) bond motifs is 1. The van der Waals surface area contributed by atoms with Crippen molar-refractivity contribution >= 4 is 23.6 Å². The molecule has 3 amide bonds. The van der Waals surface area contributed by atoms with Crippen LogP contribution in [-0.2, 0) is 20.7 Å². The number of nitrogens with zero attached hydrogens (tertiary/aromatic N) is 3. The first-order valence-corrected chi connectivity index (χ1v) is 10.8. The summed E-state index contributed by atoms with van der Waals surface area (Å²) in [5.41, 5.74) is 5.79. The Morgan fingerprint density at radius 1 is 1.18 bits per heavy atom. The summed E-state index contributed by atoms with van der Waals surface area (Å²) in [4.78, 5) is 39.5. The molecule has 0 aliphatic carbocycles. The van der Waals surface area contributed by atoms with Crippen LogP contribution >= 0.6 is 0 Å². The van der Waals surface area contributed by atoms with Gasteiger partial charge in [0.05, 0.1) is 5.71 Å². The molecule has 2 aliphatic rings. The predicted octanol–water partition coefficient (Wildman–Crippen LogP) is 1.96. The van der Waals surface area contributed by atoms with E-state index in [1.165, 1.54) is 28.1 Å². The minimum absolute atomic E-state index is 0.0566. The van der Waals surface area contributed by atoms with Crippen LogP contribution in [0.25, 0.3) is 0 Å². The van der Waals surface area contributed by atoms with Gasteiger partial charge in [-0.05, 0) is 24.1 Å². The molecule has 0 saturated carbocycles. The second-order valence-corrected chi connectivity index (χ2v) is 8.30. The highest BCUT2D eigenvalue weighted by Gasteiger charge is 2.54. The largest absolute Gasteiger partial charge is 0.486 e. The van der Waals surface area contributed by atoms with Crippen molar-refractivity contribution in [2.24, 2.45) is 16.3 Å². The summed E-state index contributed by atoms with van der Waals surface area (Å²) in [7, 11) is 1.59. The Labute approximate surface area is 195 Å². The molecule has 1 saturated heterocycles.